The maximum Gasteiger partial charge on any atom is 0.234 e. The lowest BCUT2D eigenvalue weighted by Gasteiger charge is -2.30. The standard InChI is InChI=1S/C15H18ClN3O2/c1-15(6-3-7-17-9-15)14-18-13(19-21-14)11-5-4-10(16)8-12(11)20-2/h4-5,8,17H,3,6-7,9H2,1-2H3. The van der Waals surface area contributed by atoms with Gasteiger partial charge < -0.3 is 14.6 Å². The summed E-state index contributed by atoms with van der Waals surface area (Å²) < 4.78 is 10.8. The summed E-state index contributed by atoms with van der Waals surface area (Å²) in [4.78, 5) is 4.57. The van der Waals surface area contributed by atoms with Crippen LogP contribution >= 0.6 is 11.6 Å². The molecule has 1 fully saturated rings. The van der Waals surface area contributed by atoms with Gasteiger partial charge in [0.1, 0.15) is 5.75 Å². The zero-order valence-electron chi connectivity index (χ0n) is 12.1. The lowest BCUT2D eigenvalue weighted by Crippen LogP contribution is -2.41. The van der Waals surface area contributed by atoms with Crippen LogP contribution in [0.1, 0.15) is 25.7 Å². The highest BCUT2D eigenvalue weighted by atomic mass is 35.5. The van der Waals surface area contributed by atoms with Gasteiger partial charge in [-0.05, 0) is 44.5 Å². The van der Waals surface area contributed by atoms with Crippen LogP contribution in [0.4, 0.5) is 0 Å². The average molecular weight is 308 g/mol. The van der Waals surface area contributed by atoms with E-state index in [4.69, 9.17) is 20.9 Å². The van der Waals surface area contributed by atoms with Crippen molar-refractivity contribution in [3.63, 3.8) is 0 Å². The van der Waals surface area contributed by atoms with Gasteiger partial charge in [0.15, 0.2) is 0 Å². The molecule has 21 heavy (non-hydrogen) atoms. The lowest BCUT2D eigenvalue weighted by molar-refractivity contribution is 0.245. The van der Waals surface area contributed by atoms with Crippen molar-refractivity contribution in [2.45, 2.75) is 25.2 Å². The molecular formula is C15H18ClN3O2. The number of hydrogen-bond acceptors (Lipinski definition) is 5. The van der Waals surface area contributed by atoms with E-state index in [2.05, 4.69) is 22.4 Å². The number of methoxy groups -OCH3 is 1. The first-order valence-corrected chi connectivity index (χ1v) is 7.39. The molecule has 1 aliphatic heterocycles. The summed E-state index contributed by atoms with van der Waals surface area (Å²) >= 11 is 5.98. The minimum absolute atomic E-state index is 0.108. The molecule has 1 saturated heterocycles. The van der Waals surface area contributed by atoms with Gasteiger partial charge >= 0.3 is 0 Å². The van der Waals surface area contributed by atoms with Gasteiger partial charge in [0, 0.05) is 11.6 Å². The maximum absolute atomic E-state index is 5.98. The number of piperidine rings is 1. The Bertz CT molecular complexity index is 636. The number of hydrogen-bond donors (Lipinski definition) is 1. The number of rotatable bonds is 3. The van der Waals surface area contributed by atoms with Crippen LogP contribution < -0.4 is 10.1 Å². The second-order valence-electron chi connectivity index (χ2n) is 5.61. The molecule has 2 aromatic rings. The fourth-order valence-electron chi connectivity index (χ4n) is 2.67. The minimum atomic E-state index is -0.108. The van der Waals surface area contributed by atoms with Crippen molar-refractivity contribution in [1.82, 2.24) is 15.5 Å². The van der Waals surface area contributed by atoms with Crippen LogP contribution in [0.5, 0.6) is 5.75 Å². The van der Waals surface area contributed by atoms with Crippen molar-refractivity contribution in [3.05, 3.63) is 29.1 Å². The molecule has 0 radical (unpaired) electrons. The lowest BCUT2D eigenvalue weighted by atomic mass is 9.83. The predicted octanol–water partition coefficient (Wildman–Crippen LogP) is 3.04. The fraction of sp³-hybridized carbons (Fsp3) is 0.467. The maximum atomic E-state index is 5.98. The van der Waals surface area contributed by atoms with Crippen LogP contribution in [-0.4, -0.2) is 30.3 Å². The molecule has 2 heterocycles. The van der Waals surface area contributed by atoms with Crippen molar-refractivity contribution in [2.24, 2.45) is 0 Å². The van der Waals surface area contributed by atoms with Gasteiger partial charge in [-0.25, -0.2) is 0 Å². The Labute approximate surface area is 128 Å². The van der Waals surface area contributed by atoms with E-state index in [1.807, 2.05) is 6.07 Å². The Hall–Kier alpha value is -1.59. The van der Waals surface area contributed by atoms with Crippen molar-refractivity contribution in [2.75, 3.05) is 20.2 Å². The van der Waals surface area contributed by atoms with Crippen LogP contribution in [-0.2, 0) is 5.41 Å². The molecule has 0 aliphatic carbocycles. The monoisotopic (exact) mass is 307 g/mol. The molecule has 1 aliphatic rings. The zero-order valence-corrected chi connectivity index (χ0v) is 12.9. The summed E-state index contributed by atoms with van der Waals surface area (Å²) in [6, 6.07) is 5.38. The number of nitrogens with zero attached hydrogens (tertiary/aromatic N) is 2. The smallest absolute Gasteiger partial charge is 0.234 e. The van der Waals surface area contributed by atoms with Crippen molar-refractivity contribution >= 4 is 11.6 Å². The predicted molar refractivity (Wildman–Crippen MR) is 80.8 cm³/mol. The Balaban J connectivity index is 1.95. The molecule has 0 spiro atoms. The van der Waals surface area contributed by atoms with Gasteiger partial charge in [0.2, 0.25) is 11.7 Å². The topological polar surface area (TPSA) is 60.2 Å². The fourth-order valence-corrected chi connectivity index (χ4v) is 2.83. The minimum Gasteiger partial charge on any atom is -0.496 e. The second-order valence-corrected chi connectivity index (χ2v) is 6.05. The highest BCUT2D eigenvalue weighted by Gasteiger charge is 2.34. The van der Waals surface area contributed by atoms with E-state index in [0.29, 0.717) is 22.5 Å². The third-order valence-electron chi connectivity index (χ3n) is 3.94. The SMILES string of the molecule is COc1cc(Cl)ccc1-c1noc(C2(C)CCCNC2)n1. The molecule has 1 N–H and O–H groups in total. The van der Waals surface area contributed by atoms with Crippen LogP contribution in [0, 0.1) is 0 Å². The van der Waals surface area contributed by atoms with Gasteiger partial charge in [-0.3, -0.25) is 0 Å². The van der Waals surface area contributed by atoms with Gasteiger partial charge in [0.05, 0.1) is 18.1 Å². The van der Waals surface area contributed by atoms with Gasteiger partial charge in [-0.2, -0.15) is 4.98 Å². The van der Waals surface area contributed by atoms with Crippen LogP contribution in [0.3, 0.4) is 0 Å². The summed E-state index contributed by atoms with van der Waals surface area (Å²) in [7, 11) is 1.60. The molecular weight excluding hydrogens is 290 g/mol. The molecule has 6 heteroatoms. The Kier molecular flexibility index (Phi) is 3.87. The number of aromatic nitrogens is 2. The molecule has 1 aromatic carbocycles. The number of nitrogens with one attached hydrogen (secondary N) is 1. The Morgan fingerprint density at radius 3 is 3.00 bits per heavy atom. The van der Waals surface area contributed by atoms with E-state index in [0.717, 1.165) is 31.5 Å². The van der Waals surface area contributed by atoms with E-state index in [1.54, 1.807) is 19.2 Å². The Morgan fingerprint density at radius 1 is 1.43 bits per heavy atom. The second kappa shape index (κ2) is 5.66. The Morgan fingerprint density at radius 2 is 2.29 bits per heavy atom. The van der Waals surface area contributed by atoms with Crippen LogP contribution in [0.2, 0.25) is 5.02 Å². The van der Waals surface area contributed by atoms with Crippen molar-refractivity contribution < 1.29 is 9.26 Å². The third kappa shape index (κ3) is 2.76. The van der Waals surface area contributed by atoms with Gasteiger partial charge in [0.25, 0.3) is 0 Å². The van der Waals surface area contributed by atoms with E-state index in [9.17, 15) is 0 Å². The molecule has 0 amide bonds. The molecule has 5 nitrogen and oxygen atoms in total. The van der Waals surface area contributed by atoms with Gasteiger partial charge in [-0.15, -0.1) is 0 Å². The summed E-state index contributed by atoms with van der Waals surface area (Å²) in [5, 5.41) is 8.10. The number of halogens is 1. The molecule has 112 valence electrons. The first kappa shape index (κ1) is 14.4. The van der Waals surface area contributed by atoms with E-state index < -0.39 is 0 Å². The third-order valence-corrected chi connectivity index (χ3v) is 4.18. The first-order valence-electron chi connectivity index (χ1n) is 7.01. The summed E-state index contributed by atoms with van der Waals surface area (Å²) in [6.45, 7) is 4.05. The largest absolute Gasteiger partial charge is 0.496 e. The highest BCUT2D eigenvalue weighted by molar-refractivity contribution is 6.30. The molecule has 1 atom stereocenters. The van der Waals surface area contributed by atoms with Crippen molar-refractivity contribution in [1.29, 1.82) is 0 Å². The van der Waals surface area contributed by atoms with Crippen molar-refractivity contribution in [3.8, 4) is 17.1 Å². The number of benzene rings is 1. The van der Waals surface area contributed by atoms with E-state index in [-0.39, 0.29) is 5.41 Å². The summed E-state index contributed by atoms with van der Waals surface area (Å²) in [5.41, 5.74) is 0.674. The molecule has 1 aromatic heterocycles. The highest BCUT2D eigenvalue weighted by Crippen LogP contribution is 2.34. The molecule has 0 saturated carbocycles. The van der Waals surface area contributed by atoms with E-state index in [1.165, 1.54) is 0 Å². The summed E-state index contributed by atoms with van der Waals surface area (Å²) in [5.74, 6) is 1.84. The molecule has 0 bridgehead atoms. The van der Waals surface area contributed by atoms with E-state index >= 15 is 0 Å². The first-order chi connectivity index (χ1) is 10.1. The average Bonchev–Trinajstić information content (AvgIpc) is 2.98. The van der Waals surface area contributed by atoms with Gasteiger partial charge in [-0.1, -0.05) is 16.8 Å². The molecule has 1 unspecified atom stereocenters. The zero-order chi connectivity index (χ0) is 14.9. The number of ether oxygens (including phenoxy) is 1. The molecule has 3 rings (SSSR count). The summed E-state index contributed by atoms with van der Waals surface area (Å²) in [6.07, 6.45) is 2.15. The van der Waals surface area contributed by atoms with Crippen LogP contribution in [0.25, 0.3) is 11.4 Å². The normalized spacial score (nSPS) is 22.2. The van der Waals surface area contributed by atoms with Crippen LogP contribution in [0.15, 0.2) is 22.7 Å². The quantitative estimate of drug-likeness (QED) is 0.944.